The molecule has 0 aliphatic carbocycles. The highest BCUT2D eigenvalue weighted by Crippen LogP contribution is 2.56. The van der Waals surface area contributed by atoms with Crippen molar-refractivity contribution in [2.75, 3.05) is 4.90 Å². The Bertz CT molecular complexity index is 1010. The van der Waals surface area contributed by atoms with Gasteiger partial charge < -0.3 is 20.7 Å². The van der Waals surface area contributed by atoms with E-state index in [1.807, 2.05) is 26.0 Å². The van der Waals surface area contributed by atoms with Gasteiger partial charge in [0.2, 0.25) is 5.91 Å². The van der Waals surface area contributed by atoms with E-state index in [2.05, 4.69) is 11.4 Å². The third-order valence-corrected chi connectivity index (χ3v) is 5.42. The van der Waals surface area contributed by atoms with Gasteiger partial charge in [-0.05, 0) is 33.8 Å². The molecule has 4 rings (SSSR count). The Morgan fingerprint density at radius 2 is 1.93 bits per heavy atom. The van der Waals surface area contributed by atoms with Gasteiger partial charge in [0.1, 0.15) is 22.9 Å². The van der Waals surface area contributed by atoms with Crippen molar-refractivity contribution in [1.29, 1.82) is 5.26 Å². The lowest BCUT2D eigenvalue weighted by molar-refractivity contribution is -0.145. The number of ether oxygens (including phenoxy) is 1. The van der Waals surface area contributed by atoms with Crippen molar-refractivity contribution in [3.63, 3.8) is 0 Å². The van der Waals surface area contributed by atoms with Crippen LogP contribution in [0.25, 0.3) is 0 Å². The van der Waals surface area contributed by atoms with E-state index in [1.54, 1.807) is 30.9 Å². The minimum Gasteiger partial charge on any atom is -0.450 e. The van der Waals surface area contributed by atoms with Crippen molar-refractivity contribution in [2.24, 2.45) is 5.73 Å². The molecule has 0 fully saturated rings. The lowest BCUT2D eigenvalue weighted by Crippen LogP contribution is -2.51. The van der Waals surface area contributed by atoms with Crippen molar-refractivity contribution < 1.29 is 14.3 Å². The first kappa shape index (κ1) is 17.2. The molecule has 1 aromatic rings. The molecule has 7 heteroatoms. The van der Waals surface area contributed by atoms with Crippen LogP contribution in [0.3, 0.4) is 0 Å². The second kappa shape index (κ2) is 5.13. The van der Waals surface area contributed by atoms with Crippen LogP contribution in [-0.2, 0) is 19.7 Å². The first-order valence-corrected chi connectivity index (χ1v) is 8.77. The number of nitriles is 1. The van der Waals surface area contributed by atoms with Gasteiger partial charge in [0, 0.05) is 17.3 Å². The Morgan fingerprint density at radius 1 is 1.26 bits per heavy atom. The molecule has 7 nitrogen and oxygen atoms in total. The van der Waals surface area contributed by atoms with E-state index >= 15 is 0 Å². The molecule has 3 aliphatic heterocycles. The van der Waals surface area contributed by atoms with Crippen LogP contribution in [0.15, 0.2) is 46.9 Å². The molecule has 27 heavy (non-hydrogen) atoms. The molecule has 1 atom stereocenters. The van der Waals surface area contributed by atoms with Crippen molar-refractivity contribution in [3.8, 4) is 6.07 Å². The highest BCUT2D eigenvalue weighted by molar-refractivity contribution is 6.19. The van der Waals surface area contributed by atoms with Gasteiger partial charge in [-0.1, -0.05) is 18.2 Å². The minimum absolute atomic E-state index is 0.0245. The summed E-state index contributed by atoms with van der Waals surface area (Å²) in [5, 5.41) is 12.9. The average Bonchev–Trinajstić information content (AvgIpc) is 2.97. The maximum absolute atomic E-state index is 13.8. The third kappa shape index (κ3) is 1.85. The predicted molar refractivity (Wildman–Crippen MR) is 97.9 cm³/mol. The van der Waals surface area contributed by atoms with Crippen molar-refractivity contribution in [2.45, 2.75) is 44.8 Å². The number of rotatable bonds is 1. The zero-order valence-corrected chi connectivity index (χ0v) is 15.6. The van der Waals surface area contributed by atoms with E-state index in [0.29, 0.717) is 16.9 Å². The summed E-state index contributed by atoms with van der Waals surface area (Å²) in [4.78, 5) is 28.4. The summed E-state index contributed by atoms with van der Waals surface area (Å²) in [6.07, 6.45) is 0. The number of hydrogen-bond donors (Lipinski definition) is 2. The monoisotopic (exact) mass is 364 g/mol. The van der Waals surface area contributed by atoms with E-state index in [4.69, 9.17) is 10.5 Å². The Kier molecular flexibility index (Phi) is 3.26. The average molecular weight is 364 g/mol. The zero-order chi connectivity index (χ0) is 19.7. The van der Waals surface area contributed by atoms with E-state index in [9.17, 15) is 14.9 Å². The molecule has 138 valence electrons. The molecular weight excluding hydrogens is 344 g/mol. The Labute approximate surface area is 157 Å². The van der Waals surface area contributed by atoms with Crippen LogP contribution in [0.2, 0.25) is 0 Å². The zero-order valence-electron chi connectivity index (χ0n) is 15.6. The van der Waals surface area contributed by atoms with Crippen LogP contribution in [0.5, 0.6) is 0 Å². The molecule has 0 aromatic heterocycles. The topological polar surface area (TPSA) is 108 Å². The summed E-state index contributed by atoms with van der Waals surface area (Å²) in [6, 6.07) is 9.12. The maximum Gasteiger partial charge on any atom is 0.338 e. The van der Waals surface area contributed by atoms with E-state index < -0.39 is 17.0 Å². The number of benzene rings is 1. The van der Waals surface area contributed by atoms with Crippen molar-refractivity contribution in [3.05, 3.63) is 52.5 Å². The first-order valence-electron chi connectivity index (χ1n) is 8.77. The number of nitrogens with two attached hydrogens (primary N) is 1. The number of anilines is 1. The lowest BCUT2D eigenvalue weighted by atomic mass is 9.67. The highest BCUT2D eigenvalue weighted by Gasteiger charge is 2.65. The molecule has 3 heterocycles. The number of nitrogens with zero attached hydrogens (tertiary/aromatic N) is 2. The van der Waals surface area contributed by atoms with Crippen LogP contribution in [0.4, 0.5) is 5.69 Å². The largest absolute Gasteiger partial charge is 0.450 e. The molecule has 1 spiro atoms. The van der Waals surface area contributed by atoms with Gasteiger partial charge in [0.25, 0.3) is 0 Å². The highest BCUT2D eigenvalue weighted by atomic mass is 16.6. The molecular formula is C20H20N4O3. The van der Waals surface area contributed by atoms with Crippen molar-refractivity contribution >= 4 is 17.6 Å². The second-order valence-electron chi connectivity index (χ2n) is 7.71. The number of para-hydroxylation sites is 1. The lowest BCUT2D eigenvalue weighted by Gasteiger charge is -2.35. The van der Waals surface area contributed by atoms with Gasteiger partial charge in [-0.3, -0.25) is 4.79 Å². The first-order chi connectivity index (χ1) is 12.7. The minimum atomic E-state index is -1.59. The standard InChI is InChI=1S/C20H20N4O3/c1-10(2)24-13-8-6-5-7-11(13)20(18(24)26)12(9-21)16(22)23-15-14(20)17(25)27-19(15,3)4/h5-8,10,23H,22H2,1-4H3/t20-/m0/s1. The summed E-state index contributed by atoms with van der Waals surface area (Å²) in [5.74, 6) is -0.908. The molecule has 0 radical (unpaired) electrons. The van der Waals surface area contributed by atoms with E-state index in [-0.39, 0.29) is 28.9 Å². The van der Waals surface area contributed by atoms with Crippen LogP contribution in [0.1, 0.15) is 33.3 Å². The number of carbonyl (C=O) groups is 2. The Hall–Kier alpha value is -3.27. The molecule has 1 amide bonds. The van der Waals surface area contributed by atoms with E-state index in [1.165, 1.54) is 0 Å². The van der Waals surface area contributed by atoms with Gasteiger partial charge in [0.05, 0.1) is 16.8 Å². The van der Waals surface area contributed by atoms with Gasteiger partial charge in [-0.25, -0.2) is 4.79 Å². The normalized spacial score (nSPS) is 25.6. The van der Waals surface area contributed by atoms with E-state index in [0.717, 1.165) is 0 Å². The summed E-state index contributed by atoms with van der Waals surface area (Å²) >= 11 is 0. The summed E-state index contributed by atoms with van der Waals surface area (Å²) in [6.45, 7) is 7.23. The second-order valence-corrected chi connectivity index (χ2v) is 7.71. The third-order valence-electron chi connectivity index (χ3n) is 5.42. The quantitative estimate of drug-likeness (QED) is 0.732. The summed E-state index contributed by atoms with van der Waals surface area (Å²) in [5.41, 5.74) is 5.46. The number of cyclic esters (lactones) is 1. The Morgan fingerprint density at radius 3 is 2.56 bits per heavy atom. The van der Waals surface area contributed by atoms with Gasteiger partial charge in [-0.15, -0.1) is 0 Å². The fourth-order valence-corrected chi connectivity index (χ4v) is 4.36. The molecule has 1 aromatic carbocycles. The summed E-state index contributed by atoms with van der Waals surface area (Å²) in [7, 11) is 0. The number of nitrogens with one attached hydrogen (secondary N) is 1. The Balaban J connectivity index is 2.16. The number of hydrogen-bond acceptors (Lipinski definition) is 6. The molecule has 3 aliphatic rings. The van der Waals surface area contributed by atoms with Crippen LogP contribution in [0, 0.1) is 11.3 Å². The summed E-state index contributed by atoms with van der Waals surface area (Å²) < 4.78 is 5.54. The molecule has 0 bridgehead atoms. The number of fused-ring (bicyclic) bond motifs is 3. The van der Waals surface area contributed by atoms with Crippen LogP contribution < -0.4 is 16.0 Å². The van der Waals surface area contributed by atoms with Crippen LogP contribution in [-0.4, -0.2) is 23.5 Å². The SMILES string of the molecule is CC(C)N1C(=O)[C@]2(C(C#N)=C(N)NC3=C2C(=O)OC3(C)C)c2ccccc21. The molecule has 0 saturated carbocycles. The number of amides is 1. The fraction of sp³-hybridized carbons (Fsp3) is 0.350. The van der Waals surface area contributed by atoms with Gasteiger partial charge in [-0.2, -0.15) is 5.26 Å². The van der Waals surface area contributed by atoms with Gasteiger partial charge in [0.15, 0.2) is 0 Å². The maximum atomic E-state index is 13.8. The van der Waals surface area contributed by atoms with Crippen LogP contribution >= 0.6 is 0 Å². The fourth-order valence-electron chi connectivity index (χ4n) is 4.36. The molecule has 0 unspecified atom stereocenters. The smallest absolute Gasteiger partial charge is 0.338 e. The molecule has 3 N–H and O–H groups in total. The molecule has 0 saturated heterocycles. The van der Waals surface area contributed by atoms with Gasteiger partial charge >= 0.3 is 5.97 Å². The van der Waals surface area contributed by atoms with Crippen molar-refractivity contribution in [1.82, 2.24) is 5.32 Å². The number of dihydropyridines is 1. The predicted octanol–water partition coefficient (Wildman–Crippen LogP) is 1.57. The number of esters is 1. The number of carbonyl (C=O) groups excluding carboxylic acids is 2.